The highest BCUT2D eigenvalue weighted by molar-refractivity contribution is 5.79. The van der Waals surface area contributed by atoms with Crippen LogP contribution in [0.5, 0.6) is 17.2 Å². The summed E-state index contributed by atoms with van der Waals surface area (Å²) in [4.78, 5) is 4.56. The molecule has 3 aromatic rings. The molecule has 0 saturated heterocycles. The Balaban J connectivity index is 1.57. The number of anilines is 1. The van der Waals surface area contributed by atoms with E-state index in [1.54, 1.807) is 0 Å². The number of aromatic nitrogens is 2. The number of hydrogen-bond acceptors (Lipinski definition) is 5. The second-order valence-electron chi connectivity index (χ2n) is 5.14. The highest BCUT2D eigenvalue weighted by Crippen LogP contribution is 2.35. The minimum Gasteiger partial charge on any atom is -0.486 e. The van der Waals surface area contributed by atoms with E-state index in [9.17, 15) is 0 Å². The van der Waals surface area contributed by atoms with E-state index in [-0.39, 0.29) is 6.79 Å². The molecule has 2 N–H and O–H groups in total. The Morgan fingerprint density at radius 2 is 2.05 bits per heavy atom. The SMILES string of the molecule is Cn1c(COc2ccc3c(c2)OCO3)nc2cc(N)ccc21. The van der Waals surface area contributed by atoms with E-state index >= 15 is 0 Å². The molecule has 0 amide bonds. The highest BCUT2D eigenvalue weighted by atomic mass is 16.7. The van der Waals surface area contributed by atoms with Gasteiger partial charge in [0.2, 0.25) is 6.79 Å². The molecule has 6 heteroatoms. The molecular weight excluding hydrogens is 282 g/mol. The third kappa shape index (κ3) is 2.09. The molecule has 0 atom stereocenters. The third-order valence-corrected chi connectivity index (χ3v) is 3.71. The van der Waals surface area contributed by atoms with Crippen molar-refractivity contribution in [3.05, 3.63) is 42.2 Å². The van der Waals surface area contributed by atoms with Gasteiger partial charge in [-0.25, -0.2) is 4.98 Å². The zero-order valence-electron chi connectivity index (χ0n) is 12.1. The summed E-state index contributed by atoms with van der Waals surface area (Å²) in [5.41, 5.74) is 8.39. The van der Waals surface area contributed by atoms with E-state index in [1.807, 2.05) is 48.0 Å². The van der Waals surface area contributed by atoms with Gasteiger partial charge in [0, 0.05) is 18.8 Å². The van der Waals surface area contributed by atoms with Gasteiger partial charge in [-0.1, -0.05) is 0 Å². The van der Waals surface area contributed by atoms with Crippen LogP contribution in [0.2, 0.25) is 0 Å². The van der Waals surface area contributed by atoms with Crippen molar-refractivity contribution < 1.29 is 14.2 Å². The lowest BCUT2D eigenvalue weighted by molar-refractivity contribution is 0.173. The molecule has 0 aliphatic carbocycles. The summed E-state index contributed by atoms with van der Waals surface area (Å²) in [5.74, 6) is 3.00. The molecule has 1 aromatic heterocycles. The lowest BCUT2D eigenvalue weighted by Gasteiger charge is -2.07. The van der Waals surface area contributed by atoms with Crippen molar-refractivity contribution in [1.29, 1.82) is 0 Å². The topological polar surface area (TPSA) is 71.5 Å². The molecule has 22 heavy (non-hydrogen) atoms. The predicted molar refractivity (Wildman–Crippen MR) is 82.0 cm³/mol. The normalized spacial score (nSPS) is 12.8. The van der Waals surface area contributed by atoms with Crippen molar-refractivity contribution in [2.24, 2.45) is 7.05 Å². The second-order valence-corrected chi connectivity index (χ2v) is 5.14. The van der Waals surface area contributed by atoms with E-state index in [0.29, 0.717) is 18.0 Å². The average Bonchev–Trinajstić information content (AvgIpc) is 3.09. The summed E-state index contributed by atoms with van der Waals surface area (Å²) in [6.45, 7) is 0.621. The summed E-state index contributed by atoms with van der Waals surface area (Å²) < 4.78 is 18.4. The van der Waals surface area contributed by atoms with Crippen LogP contribution in [-0.4, -0.2) is 16.3 Å². The summed E-state index contributed by atoms with van der Waals surface area (Å²) in [6.07, 6.45) is 0. The first-order valence-electron chi connectivity index (χ1n) is 6.94. The largest absolute Gasteiger partial charge is 0.486 e. The van der Waals surface area contributed by atoms with Crippen LogP contribution >= 0.6 is 0 Å². The molecule has 0 fully saturated rings. The van der Waals surface area contributed by atoms with Crippen LogP contribution in [0.1, 0.15) is 5.82 Å². The number of benzene rings is 2. The van der Waals surface area contributed by atoms with Crippen LogP contribution in [0.25, 0.3) is 11.0 Å². The van der Waals surface area contributed by atoms with Crippen molar-refractivity contribution in [3.63, 3.8) is 0 Å². The quantitative estimate of drug-likeness (QED) is 0.752. The van der Waals surface area contributed by atoms with Crippen molar-refractivity contribution in [2.75, 3.05) is 12.5 Å². The molecule has 2 heterocycles. The Bertz CT molecular complexity index is 857. The lowest BCUT2D eigenvalue weighted by Crippen LogP contribution is -2.03. The molecule has 0 spiro atoms. The molecule has 6 nitrogen and oxygen atoms in total. The minimum absolute atomic E-state index is 0.255. The minimum atomic E-state index is 0.255. The van der Waals surface area contributed by atoms with E-state index in [1.165, 1.54) is 0 Å². The molecule has 4 rings (SSSR count). The first-order chi connectivity index (χ1) is 10.7. The first kappa shape index (κ1) is 12.8. The fourth-order valence-corrected chi connectivity index (χ4v) is 2.51. The maximum atomic E-state index is 5.81. The molecular formula is C16H15N3O3. The summed E-state index contributed by atoms with van der Waals surface area (Å²) in [7, 11) is 1.96. The fraction of sp³-hybridized carbons (Fsp3) is 0.188. The van der Waals surface area contributed by atoms with Crippen molar-refractivity contribution in [3.8, 4) is 17.2 Å². The van der Waals surface area contributed by atoms with Gasteiger partial charge < -0.3 is 24.5 Å². The van der Waals surface area contributed by atoms with Gasteiger partial charge in [-0.15, -0.1) is 0 Å². The van der Waals surface area contributed by atoms with Crippen LogP contribution in [0.15, 0.2) is 36.4 Å². The van der Waals surface area contributed by atoms with E-state index < -0.39 is 0 Å². The Labute approximate surface area is 127 Å². The molecule has 0 radical (unpaired) electrons. The molecule has 0 unspecified atom stereocenters. The van der Waals surface area contributed by atoms with Crippen LogP contribution in [0.3, 0.4) is 0 Å². The zero-order chi connectivity index (χ0) is 15.1. The second kappa shape index (κ2) is 4.84. The van der Waals surface area contributed by atoms with Gasteiger partial charge in [-0.3, -0.25) is 0 Å². The monoisotopic (exact) mass is 297 g/mol. The Hall–Kier alpha value is -2.89. The van der Waals surface area contributed by atoms with Crippen molar-refractivity contribution in [1.82, 2.24) is 9.55 Å². The Morgan fingerprint density at radius 3 is 2.95 bits per heavy atom. The third-order valence-electron chi connectivity index (χ3n) is 3.71. The molecule has 0 bridgehead atoms. The summed E-state index contributed by atoms with van der Waals surface area (Å²) in [6, 6.07) is 11.2. The van der Waals surface area contributed by atoms with Gasteiger partial charge in [0.05, 0.1) is 11.0 Å². The molecule has 2 aromatic carbocycles. The van der Waals surface area contributed by atoms with Gasteiger partial charge >= 0.3 is 0 Å². The maximum Gasteiger partial charge on any atom is 0.231 e. The lowest BCUT2D eigenvalue weighted by atomic mass is 10.3. The average molecular weight is 297 g/mol. The first-order valence-corrected chi connectivity index (χ1v) is 6.94. The number of ether oxygens (including phenoxy) is 3. The molecule has 0 saturated carbocycles. The van der Waals surface area contributed by atoms with Gasteiger partial charge in [0.15, 0.2) is 11.5 Å². The number of nitrogens with two attached hydrogens (primary N) is 1. The predicted octanol–water partition coefficient (Wildman–Crippen LogP) is 2.46. The van der Waals surface area contributed by atoms with Gasteiger partial charge in [0.1, 0.15) is 18.2 Å². The number of rotatable bonds is 3. The standard InChI is InChI=1S/C16H15N3O3/c1-19-13-4-2-10(17)6-12(13)18-16(19)8-20-11-3-5-14-15(7-11)22-9-21-14/h2-7H,8-9,17H2,1H3. The summed E-state index contributed by atoms with van der Waals surface area (Å²) >= 11 is 0. The number of hydrogen-bond donors (Lipinski definition) is 1. The van der Waals surface area contributed by atoms with Crippen LogP contribution in [0.4, 0.5) is 5.69 Å². The zero-order valence-corrected chi connectivity index (χ0v) is 12.1. The number of fused-ring (bicyclic) bond motifs is 2. The van der Waals surface area contributed by atoms with Gasteiger partial charge in [-0.05, 0) is 30.3 Å². The van der Waals surface area contributed by atoms with Gasteiger partial charge in [0.25, 0.3) is 0 Å². The number of nitrogen functional groups attached to an aromatic ring is 1. The Morgan fingerprint density at radius 1 is 1.18 bits per heavy atom. The molecule has 1 aliphatic heterocycles. The smallest absolute Gasteiger partial charge is 0.231 e. The van der Waals surface area contributed by atoms with E-state index in [2.05, 4.69) is 4.98 Å². The van der Waals surface area contributed by atoms with Crippen LogP contribution in [0, 0.1) is 0 Å². The number of imidazole rings is 1. The molecule has 112 valence electrons. The van der Waals surface area contributed by atoms with Crippen LogP contribution in [-0.2, 0) is 13.7 Å². The summed E-state index contributed by atoms with van der Waals surface area (Å²) in [5, 5.41) is 0. The highest BCUT2D eigenvalue weighted by Gasteiger charge is 2.14. The van der Waals surface area contributed by atoms with E-state index in [4.69, 9.17) is 19.9 Å². The van der Waals surface area contributed by atoms with Crippen molar-refractivity contribution in [2.45, 2.75) is 6.61 Å². The number of aryl methyl sites for hydroxylation is 1. The maximum absolute atomic E-state index is 5.81. The van der Waals surface area contributed by atoms with Gasteiger partial charge in [-0.2, -0.15) is 0 Å². The number of nitrogens with zero attached hydrogens (tertiary/aromatic N) is 2. The van der Waals surface area contributed by atoms with Crippen LogP contribution < -0.4 is 19.9 Å². The van der Waals surface area contributed by atoms with Crippen molar-refractivity contribution >= 4 is 16.7 Å². The molecule has 1 aliphatic rings. The Kier molecular flexibility index (Phi) is 2.82. The fourth-order valence-electron chi connectivity index (χ4n) is 2.51. The van der Waals surface area contributed by atoms with E-state index in [0.717, 1.165) is 28.4 Å².